The van der Waals surface area contributed by atoms with E-state index in [-0.39, 0.29) is 12.5 Å². The molecule has 18 heavy (non-hydrogen) atoms. The second-order valence-corrected chi connectivity index (χ2v) is 5.77. The standard InChI is InChI=1S/C12H22N2O3S/c1-18-8-3-2-7-13-11(17)14-12(5-4-6-12)9-10(15)16/h2-9H2,1H3,(H,15,16)(H2,13,14,17). The highest BCUT2D eigenvalue weighted by atomic mass is 32.2. The van der Waals surface area contributed by atoms with Crippen molar-refractivity contribution in [2.24, 2.45) is 0 Å². The molecule has 3 N–H and O–H groups in total. The molecule has 0 aromatic heterocycles. The number of carboxylic acids is 1. The molecule has 0 atom stereocenters. The number of thioether (sulfide) groups is 1. The fourth-order valence-corrected chi connectivity index (χ4v) is 2.59. The normalized spacial score (nSPS) is 16.7. The maximum Gasteiger partial charge on any atom is 0.315 e. The van der Waals surface area contributed by atoms with Crippen molar-refractivity contribution in [1.82, 2.24) is 10.6 Å². The van der Waals surface area contributed by atoms with Crippen molar-refractivity contribution in [2.75, 3.05) is 18.6 Å². The highest BCUT2D eigenvalue weighted by molar-refractivity contribution is 7.98. The first-order valence-electron chi connectivity index (χ1n) is 6.35. The van der Waals surface area contributed by atoms with E-state index in [1.165, 1.54) is 0 Å². The molecule has 0 spiro atoms. The Bertz CT molecular complexity index is 293. The predicted molar refractivity (Wildman–Crippen MR) is 73.0 cm³/mol. The minimum atomic E-state index is -0.852. The van der Waals surface area contributed by atoms with E-state index in [2.05, 4.69) is 16.9 Å². The van der Waals surface area contributed by atoms with E-state index < -0.39 is 11.5 Å². The van der Waals surface area contributed by atoms with E-state index in [1.54, 1.807) is 11.8 Å². The quantitative estimate of drug-likeness (QED) is 0.590. The van der Waals surface area contributed by atoms with Gasteiger partial charge in [0.25, 0.3) is 0 Å². The SMILES string of the molecule is CSCCCCNC(=O)NC1(CC(=O)O)CCC1. The summed E-state index contributed by atoms with van der Waals surface area (Å²) in [6.45, 7) is 0.648. The van der Waals surface area contributed by atoms with E-state index in [1.807, 2.05) is 0 Å². The summed E-state index contributed by atoms with van der Waals surface area (Å²) in [5.74, 6) is 0.252. The molecule has 0 bridgehead atoms. The number of unbranched alkanes of at least 4 members (excludes halogenated alkanes) is 1. The van der Waals surface area contributed by atoms with Gasteiger partial charge in [-0.15, -0.1) is 0 Å². The van der Waals surface area contributed by atoms with E-state index in [9.17, 15) is 9.59 Å². The predicted octanol–water partition coefficient (Wildman–Crippen LogP) is 1.83. The van der Waals surface area contributed by atoms with Gasteiger partial charge < -0.3 is 15.7 Å². The fourth-order valence-electron chi connectivity index (χ4n) is 2.10. The molecule has 0 radical (unpaired) electrons. The lowest BCUT2D eigenvalue weighted by Gasteiger charge is -2.41. The molecule has 104 valence electrons. The summed E-state index contributed by atoms with van der Waals surface area (Å²) in [6, 6.07) is -0.236. The van der Waals surface area contributed by atoms with E-state index in [0.29, 0.717) is 6.54 Å². The van der Waals surface area contributed by atoms with Gasteiger partial charge in [0.15, 0.2) is 0 Å². The lowest BCUT2D eigenvalue weighted by molar-refractivity contribution is -0.139. The summed E-state index contributed by atoms with van der Waals surface area (Å²) < 4.78 is 0. The second-order valence-electron chi connectivity index (χ2n) is 4.79. The van der Waals surface area contributed by atoms with Crippen LogP contribution in [-0.4, -0.2) is 41.2 Å². The minimum Gasteiger partial charge on any atom is -0.481 e. The first-order chi connectivity index (χ1) is 8.58. The highest BCUT2D eigenvalue weighted by Crippen LogP contribution is 2.34. The molecule has 0 heterocycles. The third-order valence-electron chi connectivity index (χ3n) is 3.24. The molecular formula is C12H22N2O3S. The summed E-state index contributed by atoms with van der Waals surface area (Å²) in [7, 11) is 0. The van der Waals surface area contributed by atoms with Crippen LogP contribution in [0.5, 0.6) is 0 Å². The van der Waals surface area contributed by atoms with Gasteiger partial charge in [-0.2, -0.15) is 11.8 Å². The van der Waals surface area contributed by atoms with Gasteiger partial charge in [-0.05, 0) is 44.1 Å². The maximum absolute atomic E-state index is 11.6. The molecule has 0 saturated heterocycles. The lowest BCUT2D eigenvalue weighted by Crippen LogP contribution is -2.57. The first-order valence-corrected chi connectivity index (χ1v) is 7.74. The molecule has 1 saturated carbocycles. The molecule has 1 aliphatic rings. The Labute approximate surface area is 112 Å². The van der Waals surface area contributed by atoms with Crippen molar-refractivity contribution in [2.45, 2.75) is 44.1 Å². The van der Waals surface area contributed by atoms with Gasteiger partial charge in [-0.25, -0.2) is 4.79 Å². The number of hydrogen-bond acceptors (Lipinski definition) is 3. The number of amides is 2. The molecule has 1 fully saturated rings. The van der Waals surface area contributed by atoms with Crippen molar-refractivity contribution in [1.29, 1.82) is 0 Å². The second kappa shape index (κ2) is 7.51. The van der Waals surface area contributed by atoms with Crippen molar-refractivity contribution in [3.63, 3.8) is 0 Å². The van der Waals surface area contributed by atoms with Gasteiger partial charge in [-0.3, -0.25) is 4.79 Å². The molecule has 0 aromatic carbocycles. The fraction of sp³-hybridized carbons (Fsp3) is 0.833. The zero-order valence-electron chi connectivity index (χ0n) is 10.8. The molecule has 1 aliphatic carbocycles. The van der Waals surface area contributed by atoms with Crippen LogP contribution in [0.4, 0.5) is 4.79 Å². The zero-order chi connectivity index (χ0) is 13.4. The van der Waals surface area contributed by atoms with E-state index in [0.717, 1.165) is 37.9 Å². The number of rotatable bonds is 8. The molecule has 0 aromatic rings. The number of aliphatic carboxylic acids is 1. The Kier molecular flexibility index (Phi) is 6.32. The van der Waals surface area contributed by atoms with Gasteiger partial charge in [0, 0.05) is 6.54 Å². The average Bonchev–Trinajstić information content (AvgIpc) is 2.25. The molecule has 0 aliphatic heterocycles. The van der Waals surface area contributed by atoms with E-state index in [4.69, 9.17) is 5.11 Å². The van der Waals surface area contributed by atoms with Gasteiger partial charge >= 0.3 is 12.0 Å². The Hall–Kier alpha value is -0.910. The van der Waals surface area contributed by atoms with Crippen LogP contribution in [0.2, 0.25) is 0 Å². The topological polar surface area (TPSA) is 78.4 Å². The summed E-state index contributed by atoms with van der Waals surface area (Å²) >= 11 is 1.80. The van der Waals surface area contributed by atoms with Crippen LogP contribution in [0.3, 0.4) is 0 Å². The van der Waals surface area contributed by atoms with Crippen molar-refractivity contribution < 1.29 is 14.7 Å². The van der Waals surface area contributed by atoms with Crippen molar-refractivity contribution in [3.8, 4) is 0 Å². The highest BCUT2D eigenvalue weighted by Gasteiger charge is 2.40. The number of carboxylic acid groups (broad SMARTS) is 1. The summed E-state index contributed by atoms with van der Waals surface area (Å²) in [5.41, 5.74) is -0.505. The minimum absolute atomic E-state index is 0.0207. The van der Waals surface area contributed by atoms with Crippen molar-refractivity contribution >= 4 is 23.8 Å². The van der Waals surface area contributed by atoms with Crippen LogP contribution < -0.4 is 10.6 Å². The zero-order valence-corrected chi connectivity index (χ0v) is 11.6. The van der Waals surface area contributed by atoms with Crippen LogP contribution in [-0.2, 0) is 4.79 Å². The summed E-state index contributed by atoms with van der Waals surface area (Å²) in [5, 5.41) is 14.4. The largest absolute Gasteiger partial charge is 0.481 e. The van der Waals surface area contributed by atoms with Gasteiger partial charge in [-0.1, -0.05) is 0 Å². The van der Waals surface area contributed by atoms with Crippen LogP contribution in [0.25, 0.3) is 0 Å². The Balaban J connectivity index is 2.19. The van der Waals surface area contributed by atoms with Gasteiger partial charge in [0.1, 0.15) is 0 Å². The summed E-state index contributed by atoms with van der Waals surface area (Å²) in [4.78, 5) is 22.4. The monoisotopic (exact) mass is 274 g/mol. The van der Waals surface area contributed by atoms with Crippen molar-refractivity contribution in [3.05, 3.63) is 0 Å². The molecular weight excluding hydrogens is 252 g/mol. The van der Waals surface area contributed by atoms with Gasteiger partial charge in [0.2, 0.25) is 0 Å². The van der Waals surface area contributed by atoms with Gasteiger partial charge in [0.05, 0.1) is 12.0 Å². The number of urea groups is 1. The third-order valence-corrected chi connectivity index (χ3v) is 3.94. The van der Waals surface area contributed by atoms with E-state index >= 15 is 0 Å². The first kappa shape index (κ1) is 15.1. The molecule has 0 unspecified atom stereocenters. The van der Waals surface area contributed by atoms with Crippen LogP contribution in [0, 0.1) is 0 Å². The molecule has 5 nitrogen and oxygen atoms in total. The lowest BCUT2D eigenvalue weighted by atomic mass is 9.74. The smallest absolute Gasteiger partial charge is 0.315 e. The molecule has 2 amide bonds. The number of hydrogen-bond donors (Lipinski definition) is 3. The average molecular weight is 274 g/mol. The number of carbonyl (C=O) groups is 2. The third kappa shape index (κ3) is 5.16. The Morgan fingerprint density at radius 2 is 2.06 bits per heavy atom. The van der Waals surface area contributed by atoms with Crippen LogP contribution in [0.1, 0.15) is 38.5 Å². The Morgan fingerprint density at radius 1 is 1.33 bits per heavy atom. The molecule has 6 heteroatoms. The van der Waals surface area contributed by atoms with Crippen LogP contribution in [0.15, 0.2) is 0 Å². The molecule has 1 rings (SSSR count). The Morgan fingerprint density at radius 3 is 2.56 bits per heavy atom. The maximum atomic E-state index is 11.6. The van der Waals surface area contributed by atoms with Crippen LogP contribution >= 0.6 is 11.8 Å². The number of carbonyl (C=O) groups excluding carboxylic acids is 1. The summed E-state index contributed by atoms with van der Waals surface area (Å²) in [6.07, 6.45) is 6.64. The number of nitrogens with one attached hydrogen (secondary N) is 2.